The molecule has 0 radical (unpaired) electrons. The van der Waals surface area contributed by atoms with Crippen LogP contribution in [0.25, 0.3) is 0 Å². The van der Waals surface area contributed by atoms with Gasteiger partial charge in [0.2, 0.25) is 5.91 Å². The molecule has 0 aliphatic rings. The Morgan fingerprint density at radius 3 is 2.74 bits per heavy atom. The first-order chi connectivity index (χ1) is 9.06. The predicted molar refractivity (Wildman–Crippen MR) is 70.7 cm³/mol. The van der Waals surface area contributed by atoms with E-state index in [1.807, 2.05) is 6.07 Å². The maximum atomic E-state index is 11.6. The molecule has 19 heavy (non-hydrogen) atoms. The maximum absolute atomic E-state index is 11.6. The molecule has 100 valence electrons. The summed E-state index contributed by atoms with van der Waals surface area (Å²) in [5.41, 5.74) is 0.823. The van der Waals surface area contributed by atoms with Crippen LogP contribution in [0.1, 0.15) is 25.3 Å². The van der Waals surface area contributed by atoms with Gasteiger partial charge in [0.05, 0.1) is 23.6 Å². The van der Waals surface area contributed by atoms with Crippen LogP contribution >= 0.6 is 11.6 Å². The molecule has 0 saturated carbocycles. The van der Waals surface area contributed by atoms with Gasteiger partial charge in [-0.1, -0.05) is 11.6 Å². The fourth-order valence-electron chi connectivity index (χ4n) is 1.36. The Morgan fingerprint density at radius 1 is 1.42 bits per heavy atom. The fraction of sp³-hybridized carbons (Fsp3) is 0.308. The first-order valence-electron chi connectivity index (χ1n) is 5.72. The highest BCUT2D eigenvalue weighted by molar-refractivity contribution is 6.32. The molecule has 1 rings (SSSR count). The van der Waals surface area contributed by atoms with E-state index in [1.165, 1.54) is 12.1 Å². The van der Waals surface area contributed by atoms with Gasteiger partial charge in [-0.05, 0) is 25.1 Å². The largest absolute Gasteiger partial charge is 0.466 e. The van der Waals surface area contributed by atoms with E-state index in [0.717, 1.165) is 0 Å². The van der Waals surface area contributed by atoms with Gasteiger partial charge in [0.25, 0.3) is 0 Å². The molecule has 6 heteroatoms. The van der Waals surface area contributed by atoms with Crippen molar-refractivity contribution >= 4 is 29.2 Å². The number of amides is 1. The Balaban J connectivity index is 2.51. The van der Waals surface area contributed by atoms with Gasteiger partial charge in [-0.3, -0.25) is 9.59 Å². The minimum absolute atomic E-state index is 0.0314. The van der Waals surface area contributed by atoms with Gasteiger partial charge in [-0.2, -0.15) is 5.26 Å². The average Bonchev–Trinajstić information content (AvgIpc) is 2.37. The summed E-state index contributed by atoms with van der Waals surface area (Å²) in [4.78, 5) is 22.6. The van der Waals surface area contributed by atoms with E-state index in [0.29, 0.717) is 17.9 Å². The normalized spacial score (nSPS) is 9.53. The van der Waals surface area contributed by atoms with Crippen molar-refractivity contribution in [3.63, 3.8) is 0 Å². The second-order valence-corrected chi connectivity index (χ2v) is 4.07. The molecule has 5 nitrogen and oxygen atoms in total. The second kappa shape index (κ2) is 7.39. The van der Waals surface area contributed by atoms with Crippen LogP contribution in [-0.2, 0) is 14.3 Å². The lowest BCUT2D eigenvalue weighted by Gasteiger charge is -2.06. The Labute approximate surface area is 116 Å². The van der Waals surface area contributed by atoms with Crippen molar-refractivity contribution in [2.24, 2.45) is 0 Å². The number of nitrogens with one attached hydrogen (secondary N) is 1. The zero-order valence-corrected chi connectivity index (χ0v) is 11.2. The zero-order valence-electron chi connectivity index (χ0n) is 10.4. The van der Waals surface area contributed by atoms with Gasteiger partial charge < -0.3 is 10.1 Å². The minimum atomic E-state index is -0.407. The van der Waals surface area contributed by atoms with Gasteiger partial charge in [-0.25, -0.2) is 0 Å². The fourth-order valence-corrected chi connectivity index (χ4v) is 1.58. The quantitative estimate of drug-likeness (QED) is 0.841. The summed E-state index contributed by atoms with van der Waals surface area (Å²) in [6, 6.07) is 6.51. The summed E-state index contributed by atoms with van der Waals surface area (Å²) in [5.74, 6) is -0.718. The molecule has 0 aliphatic carbocycles. The monoisotopic (exact) mass is 280 g/mol. The van der Waals surface area contributed by atoms with Crippen LogP contribution in [0.15, 0.2) is 18.2 Å². The third kappa shape index (κ3) is 4.98. The third-order valence-corrected chi connectivity index (χ3v) is 2.55. The predicted octanol–water partition coefficient (Wildman–Crippen LogP) is 2.49. The summed E-state index contributed by atoms with van der Waals surface area (Å²) in [5, 5.41) is 11.6. The molecule has 1 aromatic carbocycles. The number of anilines is 1. The molecule has 0 fully saturated rings. The maximum Gasteiger partial charge on any atom is 0.306 e. The van der Waals surface area contributed by atoms with Gasteiger partial charge >= 0.3 is 5.97 Å². The topological polar surface area (TPSA) is 79.2 Å². The van der Waals surface area contributed by atoms with E-state index in [9.17, 15) is 9.59 Å². The number of ether oxygens (including phenoxy) is 1. The lowest BCUT2D eigenvalue weighted by molar-refractivity contribution is -0.144. The first-order valence-corrected chi connectivity index (χ1v) is 6.09. The van der Waals surface area contributed by atoms with Crippen molar-refractivity contribution in [2.45, 2.75) is 19.8 Å². The van der Waals surface area contributed by atoms with E-state index in [4.69, 9.17) is 21.6 Å². The first kappa shape index (κ1) is 15.0. The Morgan fingerprint density at radius 2 is 2.16 bits per heavy atom. The van der Waals surface area contributed by atoms with Crippen LogP contribution in [0.2, 0.25) is 5.02 Å². The summed E-state index contributed by atoms with van der Waals surface area (Å²) in [6.45, 7) is 2.00. The van der Waals surface area contributed by atoms with E-state index in [1.54, 1.807) is 13.0 Å². The highest BCUT2D eigenvalue weighted by atomic mass is 35.5. The molecule has 0 bridgehead atoms. The molecule has 1 amide bonds. The van der Waals surface area contributed by atoms with Crippen molar-refractivity contribution in [2.75, 3.05) is 11.9 Å². The number of benzene rings is 1. The molecule has 1 aromatic rings. The number of carbonyl (C=O) groups excluding carboxylic acids is 2. The van der Waals surface area contributed by atoms with Crippen molar-refractivity contribution in [1.82, 2.24) is 0 Å². The number of hydrogen-bond acceptors (Lipinski definition) is 4. The van der Waals surface area contributed by atoms with Crippen molar-refractivity contribution in [3.8, 4) is 6.07 Å². The molecule has 0 aromatic heterocycles. The summed E-state index contributed by atoms with van der Waals surface area (Å²) < 4.78 is 4.72. The molecule has 0 unspecified atom stereocenters. The van der Waals surface area contributed by atoms with Crippen LogP contribution in [0, 0.1) is 11.3 Å². The van der Waals surface area contributed by atoms with E-state index >= 15 is 0 Å². The number of esters is 1. The lowest BCUT2D eigenvalue weighted by Crippen LogP contribution is -2.14. The van der Waals surface area contributed by atoms with Crippen LogP contribution in [-0.4, -0.2) is 18.5 Å². The van der Waals surface area contributed by atoms with Gasteiger partial charge in [-0.15, -0.1) is 0 Å². The number of rotatable bonds is 5. The SMILES string of the molecule is CCOC(=O)CCC(=O)Nc1ccc(C#N)c(Cl)c1. The second-order valence-electron chi connectivity index (χ2n) is 3.66. The van der Waals surface area contributed by atoms with E-state index in [-0.39, 0.29) is 23.8 Å². The highest BCUT2D eigenvalue weighted by Gasteiger charge is 2.08. The standard InChI is InChI=1S/C13H13ClN2O3/c1-2-19-13(18)6-5-12(17)16-10-4-3-9(8-15)11(14)7-10/h3-4,7H,2,5-6H2,1H3,(H,16,17). The summed E-state index contributed by atoms with van der Waals surface area (Å²) in [7, 11) is 0. The Hall–Kier alpha value is -2.06. The summed E-state index contributed by atoms with van der Waals surface area (Å²) in [6.07, 6.45) is 0.0696. The number of halogens is 1. The van der Waals surface area contributed by atoms with Crippen LogP contribution < -0.4 is 5.32 Å². The van der Waals surface area contributed by atoms with Gasteiger partial charge in [0.1, 0.15) is 6.07 Å². The highest BCUT2D eigenvalue weighted by Crippen LogP contribution is 2.20. The van der Waals surface area contributed by atoms with Crippen molar-refractivity contribution < 1.29 is 14.3 Å². The van der Waals surface area contributed by atoms with Gasteiger partial charge in [0.15, 0.2) is 0 Å². The molecule has 0 heterocycles. The minimum Gasteiger partial charge on any atom is -0.466 e. The van der Waals surface area contributed by atoms with Crippen LogP contribution in [0.3, 0.4) is 0 Å². The molecule has 0 spiro atoms. The Kier molecular flexibility index (Phi) is 5.83. The van der Waals surface area contributed by atoms with E-state index < -0.39 is 5.97 Å². The number of nitrogens with zero attached hydrogens (tertiary/aromatic N) is 1. The number of carbonyl (C=O) groups is 2. The van der Waals surface area contributed by atoms with Crippen LogP contribution in [0.4, 0.5) is 5.69 Å². The molecular weight excluding hydrogens is 268 g/mol. The van der Waals surface area contributed by atoms with Gasteiger partial charge in [0, 0.05) is 12.1 Å². The summed E-state index contributed by atoms with van der Waals surface area (Å²) >= 11 is 5.83. The number of hydrogen-bond donors (Lipinski definition) is 1. The molecule has 0 saturated heterocycles. The molecule has 0 atom stereocenters. The van der Waals surface area contributed by atoms with Crippen molar-refractivity contribution in [3.05, 3.63) is 28.8 Å². The smallest absolute Gasteiger partial charge is 0.306 e. The van der Waals surface area contributed by atoms with Crippen molar-refractivity contribution in [1.29, 1.82) is 5.26 Å². The van der Waals surface area contributed by atoms with E-state index in [2.05, 4.69) is 5.32 Å². The molecule has 1 N–H and O–H groups in total. The molecular formula is C13H13ClN2O3. The molecule has 0 aliphatic heterocycles. The Bertz CT molecular complexity index is 523. The lowest BCUT2D eigenvalue weighted by atomic mass is 10.2. The van der Waals surface area contributed by atoms with Crippen LogP contribution in [0.5, 0.6) is 0 Å². The zero-order chi connectivity index (χ0) is 14.3. The third-order valence-electron chi connectivity index (χ3n) is 2.23. The number of nitriles is 1. The average molecular weight is 281 g/mol.